The highest BCUT2D eigenvalue weighted by atomic mass is 32.2. The van der Waals surface area contributed by atoms with Crippen LogP contribution in [0, 0.1) is 6.92 Å². The van der Waals surface area contributed by atoms with Crippen molar-refractivity contribution in [2.24, 2.45) is 5.73 Å². The molecule has 1 aromatic heterocycles. The van der Waals surface area contributed by atoms with Crippen LogP contribution in [0.4, 0.5) is 0 Å². The molecule has 0 saturated carbocycles. The third kappa shape index (κ3) is 2.37. The van der Waals surface area contributed by atoms with E-state index in [-0.39, 0.29) is 11.4 Å². The third-order valence-corrected chi connectivity index (χ3v) is 5.90. The Hall–Kier alpha value is -1.70. The lowest BCUT2D eigenvalue weighted by Gasteiger charge is -2.28. The summed E-state index contributed by atoms with van der Waals surface area (Å²) < 4.78 is 27.2. The van der Waals surface area contributed by atoms with Crippen LogP contribution in [0.5, 0.6) is 0 Å². The third-order valence-electron chi connectivity index (χ3n) is 3.85. The van der Waals surface area contributed by atoms with Crippen LogP contribution in [-0.4, -0.2) is 29.5 Å². The fraction of sp³-hybridized carbons (Fsp3) is 0.357. The molecule has 1 aliphatic heterocycles. The van der Waals surface area contributed by atoms with E-state index in [0.29, 0.717) is 24.5 Å². The van der Waals surface area contributed by atoms with Crippen LogP contribution in [0.1, 0.15) is 22.5 Å². The maximum Gasteiger partial charge on any atom is 0.247 e. The zero-order valence-electron chi connectivity index (χ0n) is 11.8. The molecule has 0 spiro atoms. The summed E-state index contributed by atoms with van der Waals surface area (Å²) in [7, 11) is -3.58. The number of benzene rings is 1. The maximum atomic E-state index is 12.9. The Labute approximate surface area is 124 Å². The van der Waals surface area contributed by atoms with Crippen molar-refractivity contribution in [2.45, 2.75) is 31.3 Å². The van der Waals surface area contributed by atoms with Crippen LogP contribution in [-0.2, 0) is 29.5 Å². The highest BCUT2D eigenvalue weighted by molar-refractivity contribution is 7.89. The Bertz CT molecular complexity index is 767. The molecule has 1 aromatic carbocycles. The highest BCUT2D eigenvalue weighted by Crippen LogP contribution is 2.27. The molecule has 3 N–H and O–H groups in total. The van der Waals surface area contributed by atoms with Gasteiger partial charge >= 0.3 is 0 Å². The monoisotopic (exact) mass is 306 g/mol. The molecule has 2 aromatic rings. The summed E-state index contributed by atoms with van der Waals surface area (Å²) in [6.45, 7) is 2.68. The molecule has 112 valence electrons. The van der Waals surface area contributed by atoms with Gasteiger partial charge in [-0.2, -0.15) is 9.40 Å². The van der Waals surface area contributed by atoms with E-state index in [4.69, 9.17) is 5.73 Å². The Morgan fingerprint density at radius 1 is 1.33 bits per heavy atom. The molecule has 0 atom stereocenters. The van der Waals surface area contributed by atoms with Gasteiger partial charge in [-0.3, -0.25) is 5.10 Å². The van der Waals surface area contributed by atoms with Crippen LogP contribution in [0.15, 0.2) is 29.2 Å². The van der Waals surface area contributed by atoms with Gasteiger partial charge in [-0.15, -0.1) is 0 Å². The highest BCUT2D eigenvalue weighted by Gasteiger charge is 2.32. The minimum Gasteiger partial charge on any atom is -0.325 e. The molecular formula is C14H18N4O2S. The molecule has 0 radical (unpaired) electrons. The van der Waals surface area contributed by atoms with E-state index in [9.17, 15) is 8.42 Å². The molecule has 0 fully saturated rings. The summed E-state index contributed by atoms with van der Waals surface area (Å²) in [6, 6.07) is 7.94. The van der Waals surface area contributed by atoms with Crippen molar-refractivity contribution in [2.75, 3.05) is 6.54 Å². The Morgan fingerprint density at radius 2 is 2.05 bits per heavy atom. The van der Waals surface area contributed by atoms with Crippen LogP contribution >= 0.6 is 0 Å². The fourth-order valence-electron chi connectivity index (χ4n) is 2.75. The zero-order valence-corrected chi connectivity index (χ0v) is 12.7. The van der Waals surface area contributed by atoms with E-state index in [0.717, 1.165) is 12.0 Å². The number of nitrogens with two attached hydrogens (primary N) is 1. The number of nitrogens with one attached hydrogen (secondary N) is 1. The van der Waals surface area contributed by atoms with Crippen molar-refractivity contribution in [3.63, 3.8) is 0 Å². The van der Waals surface area contributed by atoms with Crippen molar-refractivity contribution in [3.05, 3.63) is 46.8 Å². The molecule has 21 heavy (non-hydrogen) atoms. The second-order valence-electron chi connectivity index (χ2n) is 5.19. The Kier molecular flexibility index (Phi) is 3.56. The number of H-pyrrole nitrogens is 1. The van der Waals surface area contributed by atoms with Crippen LogP contribution in [0.25, 0.3) is 0 Å². The van der Waals surface area contributed by atoms with E-state index in [1.54, 1.807) is 6.92 Å². The lowest BCUT2D eigenvalue weighted by Crippen LogP contribution is -2.36. The second-order valence-corrected chi connectivity index (χ2v) is 7.06. The number of hydrogen-bond donors (Lipinski definition) is 2. The first-order chi connectivity index (χ1) is 10.0. The van der Waals surface area contributed by atoms with Crippen molar-refractivity contribution in [1.29, 1.82) is 0 Å². The lowest BCUT2D eigenvalue weighted by atomic mass is 10.0. The molecule has 0 aliphatic carbocycles. The van der Waals surface area contributed by atoms with Crippen LogP contribution < -0.4 is 5.73 Å². The summed E-state index contributed by atoms with van der Waals surface area (Å²) in [6.07, 6.45) is 0.726. The Morgan fingerprint density at radius 3 is 2.76 bits per heavy atom. The summed E-state index contributed by atoms with van der Waals surface area (Å²) >= 11 is 0. The summed E-state index contributed by atoms with van der Waals surface area (Å²) in [5.74, 6) is 0. The average molecular weight is 306 g/mol. The van der Waals surface area contributed by atoms with Gasteiger partial charge < -0.3 is 5.73 Å². The maximum absolute atomic E-state index is 12.9. The standard InChI is InChI=1S/C14H18N4O2S/c1-10-14(13(8-15)17-16-10)21(19,20)18-7-6-11-4-2-3-5-12(11)9-18/h2-5H,6-9,15H2,1H3,(H,16,17). The summed E-state index contributed by atoms with van der Waals surface area (Å²) in [4.78, 5) is 0.226. The minimum absolute atomic E-state index is 0.101. The lowest BCUT2D eigenvalue weighted by molar-refractivity contribution is 0.390. The number of sulfonamides is 1. The Balaban J connectivity index is 1.99. The van der Waals surface area contributed by atoms with Gasteiger partial charge in [0.1, 0.15) is 4.90 Å². The van der Waals surface area contributed by atoms with Gasteiger partial charge in [0.2, 0.25) is 10.0 Å². The number of aromatic amines is 1. The van der Waals surface area contributed by atoms with Crippen molar-refractivity contribution in [3.8, 4) is 0 Å². The van der Waals surface area contributed by atoms with Gasteiger partial charge in [-0.25, -0.2) is 8.42 Å². The normalized spacial score (nSPS) is 15.9. The smallest absolute Gasteiger partial charge is 0.247 e. The first kappa shape index (κ1) is 14.2. The van der Waals surface area contributed by atoms with Gasteiger partial charge in [0, 0.05) is 19.6 Å². The fourth-order valence-corrected chi connectivity index (χ4v) is 4.51. The molecule has 6 nitrogen and oxygen atoms in total. The molecule has 0 bridgehead atoms. The van der Waals surface area contributed by atoms with E-state index in [2.05, 4.69) is 10.2 Å². The quantitative estimate of drug-likeness (QED) is 0.882. The molecule has 0 saturated heterocycles. The van der Waals surface area contributed by atoms with E-state index in [1.165, 1.54) is 9.87 Å². The van der Waals surface area contributed by atoms with Gasteiger partial charge in [-0.05, 0) is 24.5 Å². The van der Waals surface area contributed by atoms with Gasteiger partial charge in [-0.1, -0.05) is 24.3 Å². The molecule has 3 rings (SSSR count). The molecule has 7 heteroatoms. The van der Waals surface area contributed by atoms with Crippen molar-refractivity contribution >= 4 is 10.0 Å². The van der Waals surface area contributed by atoms with Gasteiger partial charge in [0.25, 0.3) is 0 Å². The van der Waals surface area contributed by atoms with Gasteiger partial charge in [0.05, 0.1) is 11.4 Å². The molecule has 1 aliphatic rings. The SMILES string of the molecule is Cc1[nH]nc(CN)c1S(=O)(=O)N1CCc2ccccc2C1. The number of aryl methyl sites for hydroxylation is 1. The zero-order chi connectivity index (χ0) is 15.0. The minimum atomic E-state index is -3.58. The predicted molar refractivity (Wildman–Crippen MR) is 79.0 cm³/mol. The molecule has 2 heterocycles. The average Bonchev–Trinajstić information content (AvgIpc) is 2.88. The molecular weight excluding hydrogens is 288 g/mol. The van der Waals surface area contributed by atoms with Crippen molar-refractivity contribution in [1.82, 2.24) is 14.5 Å². The molecule has 0 unspecified atom stereocenters. The van der Waals surface area contributed by atoms with Gasteiger partial charge in [0.15, 0.2) is 0 Å². The summed E-state index contributed by atoms with van der Waals surface area (Å²) in [5, 5.41) is 6.70. The van der Waals surface area contributed by atoms with Crippen molar-refractivity contribution < 1.29 is 8.42 Å². The second kappa shape index (κ2) is 5.25. The first-order valence-electron chi connectivity index (χ1n) is 6.85. The topological polar surface area (TPSA) is 92.1 Å². The number of aromatic nitrogens is 2. The van der Waals surface area contributed by atoms with Crippen LogP contribution in [0.2, 0.25) is 0 Å². The van der Waals surface area contributed by atoms with E-state index >= 15 is 0 Å². The molecule has 0 amide bonds. The van der Waals surface area contributed by atoms with E-state index in [1.807, 2.05) is 24.3 Å². The summed E-state index contributed by atoms with van der Waals surface area (Å²) in [5.41, 5.74) is 8.81. The number of rotatable bonds is 3. The number of nitrogens with zero attached hydrogens (tertiary/aromatic N) is 2. The predicted octanol–water partition coefficient (Wildman–Crippen LogP) is 0.924. The number of hydrogen-bond acceptors (Lipinski definition) is 4. The van der Waals surface area contributed by atoms with Crippen LogP contribution in [0.3, 0.4) is 0 Å². The number of fused-ring (bicyclic) bond motifs is 1. The van der Waals surface area contributed by atoms with E-state index < -0.39 is 10.0 Å². The first-order valence-corrected chi connectivity index (χ1v) is 8.29. The largest absolute Gasteiger partial charge is 0.325 e.